The molecule has 10 heteroatoms. The van der Waals surface area contributed by atoms with E-state index in [1.165, 1.54) is 247 Å². The number of rotatable bonds is 5. The third kappa shape index (κ3) is 14.7. The van der Waals surface area contributed by atoms with Crippen LogP contribution in [0.15, 0.2) is 326 Å². The van der Waals surface area contributed by atoms with E-state index in [-0.39, 0.29) is 0 Å². The Bertz CT molecular complexity index is 9260. The molecule has 0 N–H and O–H groups in total. The fraction of sp³-hybridized carbons (Fsp3) is 0.160. The van der Waals surface area contributed by atoms with Crippen molar-refractivity contribution in [2.45, 2.75) is 104 Å². The van der Waals surface area contributed by atoms with Gasteiger partial charge in [0.15, 0.2) is 31.0 Å². The highest BCUT2D eigenvalue weighted by molar-refractivity contribution is 6.27. The molecule has 25 rings (SSSR count). The predicted molar refractivity (Wildman–Crippen MR) is 560 cm³/mol. The smallest absolute Gasteiger partial charge is 0.216 e. The van der Waals surface area contributed by atoms with Gasteiger partial charge in [0.2, 0.25) is 28.5 Å². The lowest BCUT2D eigenvalue weighted by molar-refractivity contribution is -0.660. The summed E-state index contributed by atoms with van der Waals surface area (Å²) in [5.74, 6) is 0. The highest BCUT2D eigenvalue weighted by Gasteiger charge is 2.31. The Morgan fingerprint density at radius 3 is 0.844 bits per heavy atom. The number of nitrogens with zero attached hydrogens (tertiary/aromatic N) is 5. The molecule has 15 aromatic carbocycles. The zero-order valence-corrected chi connectivity index (χ0v) is 80.6. The molecule has 0 spiro atoms. The second-order valence-electron chi connectivity index (χ2n) is 37.7. The van der Waals surface area contributed by atoms with Gasteiger partial charge in [-0.25, -0.2) is 22.8 Å². The van der Waals surface area contributed by atoms with E-state index in [0.717, 1.165) is 55.8 Å². The van der Waals surface area contributed by atoms with Gasteiger partial charge in [-0.15, -0.1) is 0 Å². The lowest BCUT2D eigenvalue weighted by Crippen LogP contribution is -2.31. The molecule has 0 aliphatic heterocycles. The first-order valence-corrected chi connectivity index (χ1v) is 46.8. The van der Waals surface area contributed by atoms with Crippen molar-refractivity contribution in [1.29, 1.82) is 0 Å². The standard InChI is InChI=1S/C26H24NO.3C25H22NO.C24H20NO/c1-15-13-21(27(5)14-18(15)4)23-16(2)12-17(3)24-25-20-9-7-6-8-19(20)10-11-22(25)28-26(23)24;1-15-9-11-20-24-19-8-6-5-7-18(19)10-12-22(24)27-25(20)23(15)21-13-16(2)17(3)14-26(21)4;1-15-9-11-20(26(4)14-15)22-16(2)13-17(3)23-24-19-8-6-5-7-18(19)10-12-21(24)27-25(22)23;1-15-11-12-26(4)20(13-15)22-16(2)14-17(3)23-24-19-8-6-5-7-18(19)9-10-21(24)27-25(22)23;1-15-14-16(2)22-23-18-9-5-4-8-17(18)11-12-20(23)26-24(22)21(15)19-10-6-7-13-25(19)3/h6-14H,1-5H3;3*5-14H,1-4H3;4-14H,1-3H3/q5*+1. The largest absolute Gasteiger partial charge is 0.455 e. The molecule has 0 radical (unpaired) electrons. The summed E-state index contributed by atoms with van der Waals surface area (Å²) in [6.07, 6.45) is 10.8. The van der Waals surface area contributed by atoms with E-state index in [0.29, 0.717) is 0 Å². The van der Waals surface area contributed by atoms with Crippen LogP contribution in [0.5, 0.6) is 0 Å². The van der Waals surface area contributed by atoms with Gasteiger partial charge in [0.25, 0.3) is 0 Å². The van der Waals surface area contributed by atoms with Crippen molar-refractivity contribution in [2.75, 3.05) is 0 Å². The molecule has 0 atom stereocenters. The van der Waals surface area contributed by atoms with Gasteiger partial charge in [0.05, 0.1) is 27.8 Å². The summed E-state index contributed by atoms with van der Waals surface area (Å²) < 4.78 is 43.3. The quantitative estimate of drug-likeness (QED) is 0.160. The van der Waals surface area contributed by atoms with Crippen LogP contribution in [0.1, 0.15) is 83.5 Å². The van der Waals surface area contributed by atoms with Crippen LogP contribution in [-0.4, -0.2) is 0 Å². The molecular formula is C125H110N5O5+5. The Morgan fingerprint density at radius 1 is 0.170 bits per heavy atom. The van der Waals surface area contributed by atoms with Crippen LogP contribution < -0.4 is 22.8 Å². The van der Waals surface area contributed by atoms with Crippen LogP contribution >= 0.6 is 0 Å². The van der Waals surface area contributed by atoms with E-state index in [2.05, 4.69) is 466 Å². The molecule has 660 valence electrons. The van der Waals surface area contributed by atoms with Crippen molar-refractivity contribution in [2.24, 2.45) is 35.2 Å². The summed E-state index contributed by atoms with van der Waals surface area (Å²) in [5, 5.41) is 24.6. The van der Waals surface area contributed by atoms with Crippen LogP contribution in [0.3, 0.4) is 0 Å². The van der Waals surface area contributed by atoms with Gasteiger partial charge in [-0.1, -0.05) is 188 Å². The summed E-state index contributed by atoms with van der Waals surface area (Å²) in [6.45, 7) is 32.5. The summed E-state index contributed by atoms with van der Waals surface area (Å²) in [5.41, 5.74) is 40.4. The van der Waals surface area contributed by atoms with E-state index >= 15 is 0 Å². The first-order valence-electron chi connectivity index (χ1n) is 46.8. The number of hydrogen-bond acceptors (Lipinski definition) is 5. The van der Waals surface area contributed by atoms with E-state index in [1.54, 1.807) is 0 Å². The second-order valence-corrected chi connectivity index (χ2v) is 37.7. The lowest BCUT2D eigenvalue weighted by atomic mass is 9.94. The van der Waals surface area contributed by atoms with Crippen LogP contribution in [0, 0.1) is 104 Å². The van der Waals surface area contributed by atoms with Gasteiger partial charge < -0.3 is 22.1 Å². The van der Waals surface area contributed by atoms with Crippen LogP contribution in [0.2, 0.25) is 0 Å². The first kappa shape index (κ1) is 86.1. The van der Waals surface area contributed by atoms with Gasteiger partial charge in [-0.3, -0.25) is 0 Å². The van der Waals surface area contributed by atoms with E-state index in [4.69, 9.17) is 22.1 Å². The summed E-state index contributed by atoms with van der Waals surface area (Å²) in [7, 11) is 10.5. The Morgan fingerprint density at radius 2 is 0.474 bits per heavy atom. The van der Waals surface area contributed by atoms with E-state index in [9.17, 15) is 0 Å². The molecular weight excluding hydrogens is 1650 g/mol. The minimum atomic E-state index is 0.946. The fourth-order valence-corrected chi connectivity index (χ4v) is 21.6. The number of aromatic nitrogens is 5. The maximum Gasteiger partial charge on any atom is 0.216 e. The molecule has 0 fully saturated rings. The number of aryl methyl sites for hydroxylation is 20. The number of benzene rings is 15. The Labute approximate surface area is 786 Å². The molecule has 0 amide bonds. The summed E-state index contributed by atoms with van der Waals surface area (Å²) in [6, 6.07) is 97.1. The highest BCUT2D eigenvalue weighted by atomic mass is 16.3. The van der Waals surface area contributed by atoms with Crippen molar-refractivity contribution >= 4 is 164 Å². The Balaban J connectivity index is 0.000000101. The third-order valence-corrected chi connectivity index (χ3v) is 28.3. The molecule has 0 aliphatic carbocycles. The predicted octanol–water partition coefficient (Wildman–Crippen LogP) is 30.8. The molecule has 0 saturated carbocycles. The monoisotopic (exact) mass is 1760 g/mol. The average molecular weight is 1760 g/mol. The molecule has 0 bridgehead atoms. The molecule has 135 heavy (non-hydrogen) atoms. The van der Waals surface area contributed by atoms with Crippen LogP contribution in [-0.2, 0) is 35.2 Å². The minimum Gasteiger partial charge on any atom is -0.455 e. The highest BCUT2D eigenvalue weighted by Crippen LogP contribution is 2.49. The van der Waals surface area contributed by atoms with Crippen molar-refractivity contribution in [3.63, 3.8) is 0 Å². The Kier molecular flexibility index (Phi) is 21.6. The van der Waals surface area contributed by atoms with Crippen molar-refractivity contribution in [3.05, 3.63) is 387 Å². The molecule has 0 aliphatic rings. The van der Waals surface area contributed by atoms with Crippen molar-refractivity contribution < 1.29 is 44.9 Å². The lowest BCUT2D eigenvalue weighted by Gasteiger charge is -2.09. The van der Waals surface area contributed by atoms with Gasteiger partial charge >= 0.3 is 0 Å². The molecule has 10 aromatic heterocycles. The van der Waals surface area contributed by atoms with E-state index in [1.807, 2.05) is 0 Å². The zero-order valence-electron chi connectivity index (χ0n) is 80.6. The SMILES string of the molecule is Cc1cc(-c2c(C)cc(C)c3c2oc2ccc4ccccc4c23)[n+](C)cc1C.Cc1cc(-c2c(C)ccc3c2oc2ccc4ccccc4c23)[n+](C)cc1C.Cc1cc(C)c2c(oc3ccc4ccccc4c32)c1-c1cccc[n+]1C.Cc1cc[n+](C)c(-c2c(C)cc(C)c3c2oc2ccc4ccccc4c23)c1.Cc1ccc(-c2c(C)cc(C)c3c2oc2ccc4ccccc4c23)[n+](C)c1. The second kappa shape index (κ2) is 33.9. The molecule has 0 saturated heterocycles. The van der Waals surface area contributed by atoms with E-state index < -0.39 is 0 Å². The topological polar surface area (TPSA) is 85.1 Å². The maximum absolute atomic E-state index is 6.52. The number of hydrogen-bond donors (Lipinski definition) is 0. The summed E-state index contributed by atoms with van der Waals surface area (Å²) in [4.78, 5) is 0. The van der Waals surface area contributed by atoms with Crippen molar-refractivity contribution in [1.82, 2.24) is 0 Å². The minimum absolute atomic E-state index is 0.946. The number of furan rings is 5. The fourth-order valence-electron chi connectivity index (χ4n) is 21.6. The van der Waals surface area contributed by atoms with Crippen LogP contribution in [0.4, 0.5) is 0 Å². The molecule has 10 heterocycles. The molecule has 25 aromatic rings. The number of fused-ring (bicyclic) bond motifs is 25. The van der Waals surface area contributed by atoms with Gasteiger partial charge in [-0.05, 0) is 267 Å². The maximum atomic E-state index is 6.52. The van der Waals surface area contributed by atoms with Gasteiger partial charge in [0.1, 0.15) is 91.1 Å². The van der Waals surface area contributed by atoms with Crippen molar-refractivity contribution in [3.8, 4) is 56.3 Å². The molecule has 0 unspecified atom stereocenters. The van der Waals surface area contributed by atoms with Gasteiger partial charge in [0, 0.05) is 113 Å². The average Bonchev–Trinajstić information content (AvgIpc) is 1.60. The zero-order chi connectivity index (χ0) is 93.5. The first-order chi connectivity index (χ1) is 65.2. The number of pyridine rings is 5. The molecule has 10 nitrogen and oxygen atoms in total. The van der Waals surface area contributed by atoms with Gasteiger partial charge in [-0.2, -0.15) is 0 Å². The van der Waals surface area contributed by atoms with Crippen LogP contribution in [0.25, 0.3) is 220 Å². The Hall–Kier alpha value is -15.7. The third-order valence-electron chi connectivity index (χ3n) is 28.3. The normalized spacial score (nSPS) is 11.7. The summed E-state index contributed by atoms with van der Waals surface area (Å²) >= 11 is 0.